The summed E-state index contributed by atoms with van der Waals surface area (Å²) < 4.78 is 0. The number of Topliss-reactive ketones (excluding diaryl/α,β-unsaturated/α-hetero) is 1. The molecule has 0 radical (unpaired) electrons. The van der Waals surface area contributed by atoms with E-state index in [-0.39, 0.29) is 31.0 Å². The summed E-state index contributed by atoms with van der Waals surface area (Å²) in [5, 5.41) is 8.75. The van der Waals surface area contributed by atoms with E-state index in [0.29, 0.717) is 5.56 Å². The van der Waals surface area contributed by atoms with Crippen LogP contribution in [0.15, 0.2) is 30.3 Å². The van der Waals surface area contributed by atoms with E-state index in [4.69, 9.17) is 5.11 Å². The van der Waals surface area contributed by atoms with Crippen molar-refractivity contribution in [3.8, 4) is 0 Å². The maximum Gasteiger partial charge on any atom is 0.303 e. The van der Waals surface area contributed by atoms with Crippen LogP contribution >= 0.6 is 0 Å². The standard InChI is InChI=1S/C15H18O4/c1-11(9-10-16)13(7-8-14(17)18)15(19)12-5-3-2-4-6-12/h2-6,10-11,13H,7-9H2,1H3,(H,17,18). The zero-order valence-electron chi connectivity index (χ0n) is 10.9. The Kier molecular flexibility index (Phi) is 5.93. The second-order valence-corrected chi connectivity index (χ2v) is 4.65. The Bertz CT molecular complexity index is 439. The molecule has 1 rings (SSSR count). The van der Waals surface area contributed by atoms with E-state index < -0.39 is 11.9 Å². The minimum atomic E-state index is -0.927. The van der Waals surface area contributed by atoms with E-state index >= 15 is 0 Å². The highest BCUT2D eigenvalue weighted by molar-refractivity contribution is 5.98. The van der Waals surface area contributed by atoms with Crippen molar-refractivity contribution in [1.29, 1.82) is 0 Å². The average molecular weight is 262 g/mol. The molecule has 0 spiro atoms. The van der Waals surface area contributed by atoms with Gasteiger partial charge in [-0.05, 0) is 12.3 Å². The Morgan fingerprint density at radius 3 is 2.42 bits per heavy atom. The van der Waals surface area contributed by atoms with Gasteiger partial charge in [0.1, 0.15) is 6.29 Å². The van der Waals surface area contributed by atoms with Gasteiger partial charge < -0.3 is 9.90 Å². The lowest BCUT2D eigenvalue weighted by Crippen LogP contribution is -2.23. The Morgan fingerprint density at radius 2 is 1.89 bits per heavy atom. The molecule has 102 valence electrons. The molecule has 0 fully saturated rings. The summed E-state index contributed by atoms with van der Waals surface area (Å²) in [4.78, 5) is 33.6. The SMILES string of the molecule is CC(CC=O)C(CCC(=O)O)C(=O)c1ccccc1. The third-order valence-corrected chi connectivity index (χ3v) is 3.22. The van der Waals surface area contributed by atoms with Crippen LogP contribution in [-0.4, -0.2) is 23.1 Å². The zero-order valence-corrected chi connectivity index (χ0v) is 10.9. The van der Waals surface area contributed by atoms with E-state index in [2.05, 4.69) is 0 Å². The number of carboxylic acid groups (broad SMARTS) is 1. The van der Waals surface area contributed by atoms with Gasteiger partial charge in [0.15, 0.2) is 5.78 Å². The summed E-state index contributed by atoms with van der Waals surface area (Å²) in [5.74, 6) is -1.59. The number of benzene rings is 1. The molecule has 4 nitrogen and oxygen atoms in total. The van der Waals surface area contributed by atoms with Gasteiger partial charge in [-0.25, -0.2) is 0 Å². The lowest BCUT2D eigenvalue weighted by molar-refractivity contribution is -0.137. The highest BCUT2D eigenvalue weighted by Crippen LogP contribution is 2.24. The lowest BCUT2D eigenvalue weighted by Gasteiger charge is -2.20. The van der Waals surface area contributed by atoms with E-state index in [1.165, 1.54) is 0 Å². The molecule has 0 heterocycles. The molecule has 0 bridgehead atoms. The van der Waals surface area contributed by atoms with Crippen LogP contribution in [0.1, 0.15) is 36.5 Å². The second kappa shape index (κ2) is 7.46. The van der Waals surface area contributed by atoms with Gasteiger partial charge in [-0.15, -0.1) is 0 Å². The molecule has 19 heavy (non-hydrogen) atoms. The van der Waals surface area contributed by atoms with Crippen molar-refractivity contribution in [3.63, 3.8) is 0 Å². The predicted molar refractivity (Wildman–Crippen MR) is 71.0 cm³/mol. The Morgan fingerprint density at radius 1 is 1.26 bits per heavy atom. The van der Waals surface area contributed by atoms with Crippen LogP contribution in [0, 0.1) is 11.8 Å². The Hall–Kier alpha value is -1.97. The number of carbonyl (C=O) groups is 3. The van der Waals surface area contributed by atoms with Crippen LogP contribution < -0.4 is 0 Å². The van der Waals surface area contributed by atoms with Gasteiger partial charge in [0, 0.05) is 24.3 Å². The summed E-state index contributed by atoms with van der Waals surface area (Å²) in [7, 11) is 0. The molecular weight excluding hydrogens is 244 g/mol. The van der Waals surface area contributed by atoms with Crippen molar-refractivity contribution < 1.29 is 19.5 Å². The monoisotopic (exact) mass is 262 g/mol. The van der Waals surface area contributed by atoms with Gasteiger partial charge >= 0.3 is 5.97 Å². The number of rotatable bonds is 8. The average Bonchev–Trinajstić information content (AvgIpc) is 2.39. The third kappa shape index (κ3) is 4.66. The molecule has 0 amide bonds. The summed E-state index contributed by atoms with van der Waals surface area (Å²) >= 11 is 0. The zero-order chi connectivity index (χ0) is 14.3. The van der Waals surface area contributed by atoms with E-state index in [1.54, 1.807) is 24.3 Å². The molecule has 0 aliphatic rings. The van der Waals surface area contributed by atoms with Gasteiger partial charge in [0.05, 0.1) is 0 Å². The van der Waals surface area contributed by atoms with Crippen LogP contribution in [0.2, 0.25) is 0 Å². The molecule has 1 aromatic rings. The Balaban J connectivity index is 2.85. The molecule has 0 saturated carbocycles. The largest absolute Gasteiger partial charge is 0.481 e. The fourth-order valence-electron chi connectivity index (χ4n) is 2.09. The van der Waals surface area contributed by atoms with Gasteiger partial charge in [0.2, 0.25) is 0 Å². The minimum absolute atomic E-state index is 0.0631. The van der Waals surface area contributed by atoms with Crippen molar-refractivity contribution in [1.82, 2.24) is 0 Å². The number of hydrogen-bond donors (Lipinski definition) is 1. The minimum Gasteiger partial charge on any atom is -0.481 e. The number of ketones is 1. The van der Waals surface area contributed by atoms with Crippen LogP contribution in [0.5, 0.6) is 0 Å². The van der Waals surface area contributed by atoms with Gasteiger partial charge in [-0.2, -0.15) is 0 Å². The predicted octanol–water partition coefficient (Wildman–Crippen LogP) is 2.58. The molecule has 2 unspecified atom stereocenters. The first kappa shape index (κ1) is 15.1. The van der Waals surface area contributed by atoms with Crippen LogP contribution in [0.4, 0.5) is 0 Å². The summed E-state index contributed by atoms with van der Waals surface area (Å²) in [5.41, 5.74) is 0.565. The first-order valence-electron chi connectivity index (χ1n) is 6.31. The van der Waals surface area contributed by atoms with E-state index in [1.807, 2.05) is 13.0 Å². The lowest BCUT2D eigenvalue weighted by atomic mass is 9.82. The topological polar surface area (TPSA) is 71.4 Å². The summed E-state index contributed by atoms with van der Waals surface area (Å²) in [6, 6.07) is 8.78. The van der Waals surface area contributed by atoms with Crippen molar-refractivity contribution >= 4 is 18.0 Å². The highest BCUT2D eigenvalue weighted by Gasteiger charge is 2.26. The number of carboxylic acids is 1. The molecule has 0 aromatic heterocycles. The molecule has 0 saturated heterocycles. The van der Waals surface area contributed by atoms with Crippen molar-refractivity contribution in [2.75, 3.05) is 0 Å². The molecule has 0 aliphatic carbocycles. The second-order valence-electron chi connectivity index (χ2n) is 4.65. The molecule has 4 heteroatoms. The summed E-state index contributed by atoms with van der Waals surface area (Å²) in [6.45, 7) is 1.81. The van der Waals surface area contributed by atoms with Crippen LogP contribution in [-0.2, 0) is 9.59 Å². The Labute approximate surface area is 112 Å². The number of carbonyl (C=O) groups excluding carboxylic acids is 2. The molecular formula is C15H18O4. The quantitative estimate of drug-likeness (QED) is 0.577. The maximum absolute atomic E-state index is 12.4. The number of aliphatic carboxylic acids is 1. The van der Waals surface area contributed by atoms with Gasteiger partial charge in [-0.3, -0.25) is 9.59 Å². The fourth-order valence-corrected chi connectivity index (χ4v) is 2.09. The fraction of sp³-hybridized carbons (Fsp3) is 0.400. The first-order valence-corrected chi connectivity index (χ1v) is 6.31. The molecule has 2 atom stereocenters. The molecule has 1 aromatic carbocycles. The number of hydrogen-bond acceptors (Lipinski definition) is 3. The smallest absolute Gasteiger partial charge is 0.303 e. The molecule has 1 N–H and O–H groups in total. The summed E-state index contributed by atoms with van der Waals surface area (Å²) in [6.07, 6.45) is 1.24. The van der Waals surface area contributed by atoms with Gasteiger partial charge in [0.25, 0.3) is 0 Å². The first-order chi connectivity index (χ1) is 9.06. The normalized spacial score (nSPS) is 13.5. The van der Waals surface area contributed by atoms with E-state index in [0.717, 1.165) is 6.29 Å². The maximum atomic E-state index is 12.4. The van der Waals surface area contributed by atoms with Crippen molar-refractivity contribution in [2.45, 2.75) is 26.2 Å². The third-order valence-electron chi connectivity index (χ3n) is 3.22. The van der Waals surface area contributed by atoms with Crippen LogP contribution in [0.3, 0.4) is 0 Å². The molecule has 0 aliphatic heterocycles. The van der Waals surface area contributed by atoms with Crippen molar-refractivity contribution in [2.24, 2.45) is 11.8 Å². The van der Waals surface area contributed by atoms with Crippen molar-refractivity contribution in [3.05, 3.63) is 35.9 Å². The number of aldehydes is 1. The van der Waals surface area contributed by atoms with Gasteiger partial charge in [-0.1, -0.05) is 37.3 Å². The highest BCUT2D eigenvalue weighted by atomic mass is 16.4. The van der Waals surface area contributed by atoms with E-state index in [9.17, 15) is 14.4 Å². The van der Waals surface area contributed by atoms with Crippen LogP contribution in [0.25, 0.3) is 0 Å².